The normalized spacial score (nSPS) is 9.00. The monoisotopic (exact) mass is 126 g/mol. The Bertz CT molecular complexity index is 222. The zero-order valence-corrected chi connectivity index (χ0v) is 4.92. The molecule has 0 aromatic carbocycles. The molecule has 0 unspecified atom stereocenters. The van der Waals surface area contributed by atoms with Crippen molar-refractivity contribution in [2.24, 2.45) is 0 Å². The second kappa shape index (κ2) is 2.30. The van der Waals surface area contributed by atoms with E-state index in [1.54, 1.807) is 0 Å². The summed E-state index contributed by atoms with van der Waals surface area (Å²) in [5.41, 5.74) is -0.226. The van der Waals surface area contributed by atoms with Crippen molar-refractivity contribution in [2.75, 3.05) is 7.11 Å². The van der Waals surface area contributed by atoms with Crippen molar-refractivity contribution in [3.63, 3.8) is 0 Å². The fraction of sp³-hybridized carbons (Fsp3) is 0.200. The van der Waals surface area contributed by atoms with Crippen LogP contribution in [0.25, 0.3) is 0 Å². The van der Waals surface area contributed by atoms with Crippen molar-refractivity contribution >= 4 is 0 Å². The lowest BCUT2D eigenvalue weighted by Gasteiger charge is -1.92. The Balaban J connectivity index is 3.02. The maximum atomic E-state index is 10.4. The van der Waals surface area contributed by atoms with Crippen LogP contribution in [0.4, 0.5) is 0 Å². The van der Waals surface area contributed by atoms with Gasteiger partial charge in [0.2, 0.25) is 5.88 Å². The molecule has 1 aromatic heterocycles. The summed E-state index contributed by atoms with van der Waals surface area (Å²) in [6, 6.07) is 2.85. The van der Waals surface area contributed by atoms with Gasteiger partial charge in [0.25, 0.3) is 5.56 Å². The minimum absolute atomic E-state index is 0.226. The molecule has 4 nitrogen and oxygen atoms in total. The number of rotatable bonds is 1. The molecule has 1 N–H and O–H groups in total. The quantitative estimate of drug-likeness (QED) is 0.565. The molecule has 48 valence electrons. The van der Waals surface area contributed by atoms with Gasteiger partial charge in [0.15, 0.2) is 0 Å². The van der Waals surface area contributed by atoms with Crippen LogP contribution in [0.5, 0.6) is 5.88 Å². The summed E-state index contributed by atoms with van der Waals surface area (Å²) in [5.74, 6) is 0.412. The Hall–Kier alpha value is -1.32. The van der Waals surface area contributed by atoms with E-state index in [9.17, 15) is 4.79 Å². The van der Waals surface area contributed by atoms with Gasteiger partial charge in [-0.3, -0.25) is 4.79 Å². The zero-order chi connectivity index (χ0) is 6.69. The van der Waals surface area contributed by atoms with Gasteiger partial charge in [-0.2, -0.15) is 0 Å². The van der Waals surface area contributed by atoms with Gasteiger partial charge >= 0.3 is 0 Å². The summed E-state index contributed by atoms with van der Waals surface area (Å²) in [4.78, 5) is 10.4. The van der Waals surface area contributed by atoms with Crippen LogP contribution in [-0.4, -0.2) is 17.3 Å². The Morgan fingerprint density at radius 1 is 1.67 bits per heavy atom. The molecule has 1 aromatic rings. The van der Waals surface area contributed by atoms with Gasteiger partial charge in [-0.05, 0) is 0 Å². The van der Waals surface area contributed by atoms with Gasteiger partial charge in [0.1, 0.15) is 0 Å². The molecule has 0 amide bonds. The number of methoxy groups -OCH3 is 1. The molecule has 1 heterocycles. The van der Waals surface area contributed by atoms with Crippen molar-refractivity contribution in [1.82, 2.24) is 10.2 Å². The maximum absolute atomic E-state index is 10.4. The lowest BCUT2D eigenvalue weighted by atomic mass is 10.6. The van der Waals surface area contributed by atoms with Crippen LogP contribution in [0, 0.1) is 0 Å². The van der Waals surface area contributed by atoms with E-state index in [2.05, 4.69) is 14.9 Å². The fourth-order valence-corrected chi connectivity index (χ4v) is 0.445. The Morgan fingerprint density at radius 3 is 2.89 bits per heavy atom. The highest BCUT2D eigenvalue weighted by atomic mass is 16.5. The number of hydrogen-bond donors (Lipinski definition) is 1. The van der Waals surface area contributed by atoms with Gasteiger partial charge in [0, 0.05) is 12.1 Å². The minimum Gasteiger partial charge on any atom is -0.480 e. The lowest BCUT2D eigenvalue weighted by Crippen LogP contribution is -2.05. The van der Waals surface area contributed by atoms with Crippen LogP contribution >= 0.6 is 0 Å². The second-order valence-electron chi connectivity index (χ2n) is 1.46. The molecule has 0 radical (unpaired) electrons. The predicted molar refractivity (Wildman–Crippen MR) is 31.4 cm³/mol. The number of H-pyrrole nitrogens is 1. The van der Waals surface area contributed by atoms with Crippen molar-refractivity contribution < 1.29 is 4.74 Å². The number of nitrogens with zero attached hydrogens (tertiary/aromatic N) is 1. The Morgan fingerprint density at radius 2 is 2.44 bits per heavy atom. The molecule has 1 rings (SSSR count). The summed E-state index contributed by atoms with van der Waals surface area (Å²) in [6.07, 6.45) is 0. The van der Waals surface area contributed by atoms with Crippen molar-refractivity contribution in [3.8, 4) is 5.88 Å². The summed E-state index contributed by atoms with van der Waals surface area (Å²) in [7, 11) is 1.49. The molecular formula is C5H6N2O2. The van der Waals surface area contributed by atoms with Crippen LogP contribution in [-0.2, 0) is 0 Å². The zero-order valence-electron chi connectivity index (χ0n) is 4.92. The van der Waals surface area contributed by atoms with Crippen LogP contribution in [0.1, 0.15) is 0 Å². The average Bonchev–Trinajstić information content (AvgIpc) is 1.90. The van der Waals surface area contributed by atoms with E-state index in [1.165, 1.54) is 19.2 Å². The first-order chi connectivity index (χ1) is 4.33. The molecule has 0 bridgehead atoms. The van der Waals surface area contributed by atoms with Gasteiger partial charge in [-0.15, -0.1) is 5.10 Å². The SMILES string of the molecule is COc1ccc(=O)[nH]n1. The number of aromatic amines is 1. The standard InChI is InChI=1S/C5H6N2O2/c1-9-5-3-2-4(8)6-7-5/h2-3H,1H3,(H,6,8). The van der Waals surface area contributed by atoms with Gasteiger partial charge in [-0.1, -0.05) is 0 Å². The van der Waals surface area contributed by atoms with Crippen LogP contribution in [0.15, 0.2) is 16.9 Å². The average molecular weight is 126 g/mol. The largest absolute Gasteiger partial charge is 0.480 e. The van der Waals surface area contributed by atoms with Crippen molar-refractivity contribution in [1.29, 1.82) is 0 Å². The summed E-state index contributed by atoms with van der Waals surface area (Å²) in [6.45, 7) is 0. The molecule has 0 saturated heterocycles. The van der Waals surface area contributed by atoms with E-state index in [0.29, 0.717) is 5.88 Å². The van der Waals surface area contributed by atoms with Gasteiger partial charge in [0.05, 0.1) is 7.11 Å². The van der Waals surface area contributed by atoms with Gasteiger partial charge in [-0.25, -0.2) is 5.10 Å². The molecular weight excluding hydrogens is 120 g/mol. The first-order valence-electron chi connectivity index (χ1n) is 2.42. The minimum atomic E-state index is -0.226. The fourth-order valence-electron chi connectivity index (χ4n) is 0.445. The smallest absolute Gasteiger partial charge is 0.264 e. The van der Waals surface area contributed by atoms with E-state index in [-0.39, 0.29) is 5.56 Å². The van der Waals surface area contributed by atoms with E-state index in [4.69, 9.17) is 0 Å². The van der Waals surface area contributed by atoms with Crippen LogP contribution in [0.3, 0.4) is 0 Å². The number of hydrogen-bond acceptors (Lipinski definition) is 3. The predicted octanol–water partition coefficient (Wildman–Crippen LogP) is -0.222. The van der Waals surface area contributed by atoms with E-state index >= 15 is 0 Å². The highest BCUT2D eigenvalue weighted by Crippen LogP contribution is 1.95. The molecule has 9 heavy (non-hydrogen) atoms. The molecule has 0 aliphatic rings. The van der Waals surface area contributed by atoms with E-state index in [0.717, 1.165) is 0 Å². The third kappa shape index (κ3) is 1.28. The number of nitrogens with one attached hydrogen (secondary N) is 1. The van der Waals surface area contributed by atoms with Crippen LogP contribution < -0.4 is 10.3 Å². The third-order valence-corrected chi connectivity index (χ3v) is 0.863. The highest BCUT2D eigenvalue weighted by Gasteiger charge is 1.87. The third-order valence-electron chi connectivity index (χ3n) is 0.863. The van der Waals surface area contributed by atoms with Gasteiger partial charge < -0.3 is 4.74 Å². The number of ether oxygens (including phenoxy) is 1. The topological polar surface area (TPSA) is 55.0 Å². The van der Waals surface area contributed by atoms with Crippen molar-refractivity contribution in [3.05, 3.63) is 22.5 Å². The molecule has 0 saturated carbocycles. The molecule has 0 aliphatic heterocycles. The van der Waals surface area contributed by atoms with Crippen LogP contribution in [0.2, 0.25) is 0 Å². The Labute approximate surface area is 51.5 Å². The second-order valence-corrected chi connectivity index (χ2v) is 1.46. The molecule has 0 aliphatic carbocycles. The number of aromatic nitrogens is 2. The summed E-state index contributed by atoms with van der Waals surface area (Å²) < 4.78 is 4.69. The first-order valence-corrected chi connectivity index (χ1v) is 2.42. The molecule has 0 fully saturated rings. The first kappa shape index (κ1) is 5.81. The molecule has 4 heteroatoms. The van der Waals surface area contributed by atoms with E-state index in [1.807, 2.05) is 0 Å². The lowest BCUT2D eigenvalue weighted by molar-refractivity contribution is 0.391. The van der Waals surface area contributed by atoms with Crippen molar-refractivity contribution in [2.45, 2.75) is 0 Å². The van der Waals surface area contributed by atoms with E-state index < -0.39 is 0 Å². The maximum Gasteiger partial charge on any atom is 0.264 e. The summed E-state index contributed by atoms with van der Waals surface area (Å²) in [5, 5.41) is 5.76. The molecule has 0 atom stereocenters. The molecule has 0 spiro atoms. The summed E-state index contributed by atoms with van der Waals surface area (Å²) >= 11 is 0. The Kier molecular flexibility index (Phi) is 1.48. The highest BCUT2D eigenvalue weighted by molar-refractivity contribution is 5.04.